The Bertz CT molecular complexity index is 1470. The second-order valence-electron chi connectivity index (χ2n) is 10.2. The van der Waals surface area contributed by atoms with Gasteiger partial charge in [0.05, 0.1) is 12.5 Å². The number of carboxylic acid groups (broad SMARTS) is 1. The number of ketones is 1. The van der Waals surface area contributed by atoms with Crippen LogP contribution >= 0.6 is 0 Å². The normalized spacial score (nSPS) is 17.8. The highest BCUT2D eigenvalue weighted by Gasteiger charge is 2.39. The van der Waals surface area contributed by atoms with Crippen molar-refractivity contribution >= 4 is 17.7 Å². The van der Waals surface area contributed by atoms with E-state index in [4.69, 9.17) is 9.47 Å². The lowest BCUT2D eigenvalue weighted by atomic mass is 9.93. The molecule has 0 bridgehead atoms. The third-order valence-corrected chi connectivity index (χ3v) is 6.91. The lowest BCUT2D eigenvalue weighted by molar-refractivity contribution is -0.142. The summed E-state index contributed by atoms with van der Waals surface area (Å²) in [5, 5.41) is 14.8. The van der Waals surface area contributed by atoms with Crippen LogP contribution in [-0.2, 0) is 24.8 Å². The van der Waals surface area contributed by atoms with Crippen molar-refractivity contribution in [3.05, 3.63) is 89.5 Å². The summed E-state index contributed by atoms with van der Waals surface area (Å²) in [6.07, 6.45) is 1.13. The van der Waals surface area contributed by atoms with Gasteiger partial charge in [0, 0.05) is 18.2 Å². The Kier molecular flexibility index (Phi) is 10.6. The van der Waals surface area contributed by atoms with Crippen LogP contribution in [0.5, 0.6) is 17.2 Å². The van der Waals surface area contributed by atoms with E-state index in [1.807, 2.05) is 24.3 Å². The van der Waals surface area contributed by atoms with E-state index in [1.165, 1.54) is 6.92 Å². The molecule has 9 nitrogen and oxygen atoms in total. The molecule has 3 aromatic carbocycles. The number of amides is 1. The number of carbonyl (C=O) groups excluding carboxylic acids is 2. The average molecular weight is 619 g/mol. The third kappa shape index (κ3) is 7.91. The monoisotopic (exact) mass is 618 g/mol. The summed E-state index contributed by atoms with van der Waals surface area (Å²) < 4.78 is 71.7. The Labute approximate surface area is 250 Å². The molecule has 234 valence electrons. The summed E-state index contributed by atoms with van der Waals surface area (Å²) in [4.78, 5) is 37.4. The molecule has 0 aliphatic carbocycles. The van der Waals surface area contributed by atoms with Gasteiger partial charge in [-0.25, -0.2) is 8.78 Å². The zero-order valence-electron chi connectivity index (χ0n) is 23.6. The number of carbonyl (C=O) groups is 3. The number of carboxylic acids is 1. The highest BCUT2D eigenvalue weighted by atomic mass is 19.2. The topological polar surface area (TPSA) is 123 Å². The van der Waals surface area contributed by atoms with Crippen molar-refractivity contribution in [3.8, 4) is 17.2 Å². The van der Waals surface area contributed by atoms with Gasteiger partial charge in [-0.2, -0.15) is 8.78 Å². The van der Waals surface area contributed by atoms with E-state index >= 15 is 0 Å². The Balaban J connectivity index is 1.48. The fourth-order valence-electron chi connectivity index (χ4n) is 4.71. The molecule has 3 aromatic rings. The molecule has 3 atom stereocenters. The Morgan fingerprint density at radius 3 is 2.27 bits per heavy atom. The number of rotatable bonds is 13. The zero-order chi connectivity index (χ0) is 31.9. The molecule has 1 aliphatic heterocycles. The summed E-state index contributed by atoms with van der Waals surface area (Å²) in [7, 11) is 0. The van der Waals surface area contributed by atoms with Crippen molar-refractivity contribution in [1.82, 2.24) is 10.6 Å². The minimum absolute atomic E-state index is 0.0312. The third-order valence-electron chi connectivity index (χ3n) is 6.91. The molecule has 3 N–H and O–H groups in total. The number of benzene rings is 3. The molecule has 0 aromatic heterocycles. The second-order valence-corrected chi connectivity index (χ2v) is 10.2. The van der Waals surface area contributed by atoms with Crippen LogP contribution in [0.3, 0.4) is 0 Å². The van der Waals surface area contributed by atoms with Gasteiger partial charge in [0.2, 0.25) is 17.5 Å². The zero-order valence-corrected chi connectivity index (χ0v) is 23.6. The van der Waals surface area contributed by atoms with Gasteiger partial charge in [-0.15, -0.1) is 0 Å². The fourth-order valence-corrected chi connectivity index (χ4v) is 4.71. The largest absolute Gasteiger partial charge is 0.481 e. The molecule has 1 unspecified atom stereocenters. The first-order valence-corrected chi connectivity index (χ1v) is 13.7. The molecule has 1 amide bonds. The lowest BCUT2D eigenvalue weighted by Gasteiger charge is -2.40. The number of hydrogen-bond donors (Lipinski definition) is 3. The van der Waals surface area contributed by atoms with Crippen LogP contribution in [0, 0.1) is 23.3 Å². The minimum Gasteiger partial charge on any atom is -0.481 e. The maximum atomic E-state index is 13.9. The van der Waals surface area contributed by atoms with Gasteiger partial charge in [-0.1, -0.05) is 30.3 Å². The summed E-state index contributed by atoms with van der Waals surface area (Å²) in [6, 6.07) is 13.5. The first-order valence-electron chi connectivity index (χ1n) is 13.7. The molecule has 0 radical (unpaired) electrons. The van der Waals surface area contributed by atoms with Crippen molar-refractivity contribution in [1.29, 1.82) is 0 Å². The molecule has 4 rings (SSSR count). The van der Waals surface area contributed by atoms with E-state index in [0.29, 0.717) is 30.1 Å². The predicted molar refractivity (Wildman–Crippen MR) is 148 cm³/mol. The number of Topliss-reactive ketones (excluding diaryl/α,β-unsaturated/α-hetero) is 1. The molecule has 13 heteroatoms. The molecule has 44 heavy (non-hydrogen) atoms. The molecule has 1 heterocycles. The van der Waals surface area contributed by atoms with Crippen LogP contribution in [0.4, 0.5) is 17.6 Å². The van der Waals surface area contributed by atoms with Crippen LogP contribution in [0.2, 0.25) is 0 Å². The molecule has 1 aliphatic rings. The molecule has 0 saturated carbocycles. The van der Waals surface area contributed by atoms with Crippen molar-refractivity contribution in [3.63, 3.8) is 0 Å². The molecule has 1 fully saturated rings. The van der Waals surface area contributed by atoms with E-state index in [1.54, 1.807) is 30.3 Å². The standard InChI is InChI=1S/C31H30F4N2O7/c1-18(30(41)36-24(16-26(39)40)25(38)17-42-29-27(34)22(32)15-23(33)28(29)35)37-31(12-5-6-13-43-31)19-8-7-11-21(14-19)44-20-9-3-2-4-10-20/h2-4,7-11,14-15,18,24,37H,5-6,12-13,16-17H2,1H3,(H,36,41)(H,39,40)/t18-,24-,31?/m0/s1. The Hall–Kier alpha value is -4.49. The number of ether oxygens (including phenoxy) is 3. The summed E-state index contributed by atoms with van der Waals surface area (Å²) in [6.45, 7) is 0.687. The first kappa shape index (κ1) is 32.4. The quantitative estimate of drug-likeness (QED) is 0.181. The van der Waals surface area contributed by atoms with E-state index < -0.39 is 77.5 Å². The summed E-state index contributed by atoms with van der Waals surface area (Å²) >= 11 is 0. The highest BCUT2D eigenvalue weighted by Crippen LogP contribution is 2.36. The second kappa shape index (κ2) is 14.3. The predicted octanol–water partition coefficient (Wildman–Crippen LogP) is 4.97. The number of halogens is 4. The summed E-state index contributed by atoms with van der Waals surface area (Å²) in [5.41, 5.74) is -0.458. The van der Waals surface area contributed by atoms with Crippen molar-refractivity contribution < 1.29 is 51.3 Å². The van der Waals surface area contributed by atoms with Crippen LogP contribution in [0.15, 0.2) is 60.7 Å². The van der Waals surface area contributed by atoms with Gasteiger partial charge in [-0.3, -0.25) is 19.7 Å². The highest BCUT2D eigenvalue weighted by molar-refractivity contribution is 5.94. The van der Waals surface area contributed by atoms with Gasteiger partial charge < -0.3 is 24.6 Å². The number of hydrogen-bond acceptors (Lipinski definition) is 7. The molecule has 0 spiro atoms. The van der Waals surface area contributed by atoms with Crippen molar-refractivity contribution in [2.45, 2.75) is 50.4 Å². The molecule has 1 saturated heterocycles. The van der Waals surface area contributed by atoms with Gasteiger partial charge in [-0.05, 0) is 50.5 Å². The van der Waals surface area contributed by atoms with Crippen LogP contribution < -0.4 is 20.1 Å². The SMILES string of the molecule is C[C@H](NC1(c2cccc(Oc3ccccc3)c2)CCCCO1)C(=O)N[C@@H](CC(=O)O)C(=O)COc1c(F)c(F)cc(F)c1F. The van der Waals surface area contributed by atoms with E-state index in [2.05, 4.69) is 15.4 Å². The minimum atomic E-state index is -1.87. The maximum Gasteiger partial charge on any atom is 0.305 e. The van der Waals surface area contributed by atoms with Gasteiger partial charge in [0.15, 0.2) is 23.2 Å². The Morgan fingerprint density at radius 2 is 1.64 bits per heavy atom. The molecular formula is C31H30F4N2O7. The number of para-hydroxylation sites is 1. The van der Waals surface area contributed by atoms with Crippen LogP contribution in [0.1, 0.15) is 38.2 Å². The maximum absolute atomic E-state index is 13.9. The van der Waals surface area contributed by atoms with Crippen LogP contribution in [0.25, 0.3) is 0 Å². The number of aliphatic carboxylic acids is 1. The lowest BCUT2D eigenvalue weighted by Crippen LogP contribution is -2.57. The number of nitrogens with one attached hydrogen (secondary N) is 2. The van der Waals surface area contributed by atoms with Crippen LogP contribution in [-0.4, -0.2) is 48.1 Å². The van der Waals surface area contributed by atoms with Crippen molar-refractivity contribution in [2.24, 2.45) is 0 Å². The molecular weight excluding hydrogens is 588 g/mol. The van der Waals surface area contributed by atoms with Gasteiger partial charge >= 0.3 is 5.97 Å². The average Bonchev–Trinajstić information content (AvgIpc) is 3.00. The Morgan fingerprint density at radius 1 is 0.955 bits per heavy atom. The van der Waals surface area contributed by atoms with Gasteiger partial charge in [0.25, 0.3) is 0 Å². The van der Waals surface area contributed by atoms with E-state index in [9.17, 15) is 37.1 Å². The van der Waals surface area contributed by atoms with E-state index in [0.717, 1.165) is 12.8 Å². The van der Waals surface area contributed by atoms with Crippen molar-refractivity contribution in [2.75, 3.05) is 13.2 Å². The van der Waals surface area contributed by atoms with Gasteiger partial charge in [0.1, 0.15) is 29.9 Å². The van der Waals surface area contributed by atoms with E-state index in [-0.39, 0.29) is 6.07 Å². The smallest absolute Gasteiger partial charge is 0.305 e. The first-order chi connectivity index (χ1) is 21.0. The summed E-state index contributed by atoms with van der Waals surface area (Å²) in [5.74, 6) is -10.9. The fraction of sp³-hybridized carbons (Fsp3) is 0.323.